The minimum absolute atomic E-state index is 0.0362. The molecule has 3 heterocycles. The molecule has 2 aromatic rings. The molecule has 3 N–H and O–H groups in total. The number of carbonyl (C=O) groups is 1. The summed E-state index contributed by atoms with van der Waals surface area (Å²) in [6, 6.07) is 0. The van der Waals surface area contributed by atoms with Crippen molar-refractivity contribution in [3.8, 4) is 0 Å². The lowest BCUT2D eigenvalue weighted by Crippen LogP contribution is -2.27. The first-order chi connectivity index (χ1) is 9.58. The predicted octanol–water partition coefficient (Wildman–Crippen LogP) is -0.471. The normalized spacial score (nSPS) is 19.0. The van der Waals surface area contributed by atoms with Crippen LogP contribution in [-0.4, -0.2) is 42.7 Å². The number of carbonyl (C=O) groups excluding carboxylic acids is 1. The van der Waals surface area contributed by atoms with Gasteiger partial charge >= 0.3 is 0 Å². The second-order valence-corrected chi connectivity index (χ2v) is 5.19. The third kappa shape index (κ3) is 2.14. The summed E-state index contributed by atoms with van der Waals surface area (Å²) in [7, 11) is 0. The standard InChI is InChI=1S/C11H12N6O2S/c12-9-8-10(13-2-5(4-18)14-8)16-11(15-9)17-3-6(20)1-7(17)19/h2,6,18,20H,1,3-4H2,(H2,12,13,15,16). The molecule has 1 unspecified atom stereocenters. The van der Waals surface area contributed by atoms with E-state index >= 15 is 0 Å². The maximum atomic E-state index is 11.8. The van der Waals surface area contributed by atoms with Gasteiger partial charge in [-0.25, -0.2) is 9.97 Å². The quantitative estimate of drug-likeness (QED) is 0.640. The number of hydrogen-bond donors (Lipinski definition) is 3. The van der Waals surface area contributed by atoms with Gasteiger partial charge in [0.2, 0.25) is 11.9 Å². The van der Waals surface area contributed by atoms with E-state index in [9.17, 15) is 4.79 Å². The Morgan fingerprint density at radius 2 is 2.25 bits per heavy atom. The number of hydrogen-bond acceptors (Lipinski definition) is 8. The molecular weight excluding hydrogens is 280 g/mol. The van der Waals surface area contributed by atoms with Crippen LogP contribution in [-0.2, 0) is 11.4 Å². The minimum atomic E-state index is -0.240. The Labute approximate surface area is 119 Å². The number of rotatable bonds is 2. The summed E-state index contributed by atoms with van der Waals surface area (Å²) in [5.74, 6) is 0.245. The van der Waals surface area contributed by atoms with E-state index in [0.717, 1.165) is 0 Å². The molecule has 0 spiro atoms. The number of amides is 1. The van der Waals surface area contributed by atoms with Crippen molar-refractivity contribution >= 4 is 41.5 Å². The van der Waals surface area contributed by atoms with Gasteiger partial charge in [0.15, 0.2) is 17.0 Å². The lowest BCUT2D eigenvalue weighted by molar-refractivity contribution is -0.117. The van der Waals surface area contributed by atoms with E-state index in [1.54, 1.807) is 0 Å². The molecule has 1 atom stereocenters. The third-order valence-electron chi connectivity index (χ3n) is 2.98. The average molecular weight is 292 g/mol. The Balaban J connectivity index is 2.08. The van der Waals surface area contributed by atoms with Crippen LogP contribution < -0.4 is 10.6 Å². The molecule has 1 fully saturated rings. The van der Waals surface area contributed by atoms with E-state index in [0.29, 0.717) is 29.8 Å². The number of nitrogens with two attached hydrogens (primary N) is 1. The van der Waals surface area contributed by atoms with E-state index in [2.05, 4.69) is 32.6 Å². The largest absolute Gasteiger partial charge is 0.390 e. The van der Waals surface area contributed by atoms with Gasteiger partial charge in [-0.05, 0) is 0 Å². The first kappa shape index (κ1) is 13.0. The van der Waals surface area contributed by atoms with Crippen molar-refractivity contribution in [2.75, 3.05) is 17.2 Å². The Hall–Kier alpha value is -2.00. The van der Waals surface area contributed by atoms with Crippen LogP contribution in [0.5, 0.6) is 0 Å². The molecule has 0 saturated carbocycles. The molecule has 3 rings (SSSR count). The number of nitrogen functional groups attached to an aromatic ring is 1. The van der Waals surface area contributed by atoms with Gasteiger partial charge in [-0.3, -0.25) is 9.69 Å². The molecule has 1 aliphatic heterocycles. The molecule has 2 aromatic heterocycles. The molecule has 0 aliphatic carbocycles. The molecular formula is C11H12N6O2S. The van der Waals surface area contributed by atoms with Gasteiger partial charge in [0.1, 0.15) is 0 Å². The average Bonchev–Trinajstić information content (AvgIpc) is 2.77. The first-order valence-electron chi connectivity index (χ1n) is 5.97. The molecule has 1 amide bonds. The van der Waals surface area contributed by atoms with Crippen LogP contribution in [0.1, 0.15) is 12.1 Å². The van der Waals surface area contributed by atoms with E-state index in [4.69, 9.17) is 10.8 Å². The van der Waals surface area contributed by atoms with Crippen molar-refractivity contribution in [2.45, 2.75) is 18.3 Å². The highest BCUT2D eigenvalue weighted by molar-refractivity contribution is 7.81. The van der Waals surface area contributed by atoms with Crippen LogP contribution in [0.2, 0.25) is 0 Å². The van der Waals surface area contributed by atoms with Crippen molar-refractivity contribution in [2.24, 2.45) is 0 Å². The second-order valence-electron chi connectivity index (χ2n) is 4.46. The Morgan fingerprint density at radius 3 is 2.90 bits per heavy atom. The number of aliphatic hydroxyl groups is 1. The summed E-state index contributed by atoms with van der Waals surface area (Å²) < 4.78 is 0. The SMILES string of the molecule is Nc1nc(N2CC(S)CC2=O)nc2ncc(CO)nc12. The molecule has 8 nitrogen and oxygen atoms in total. The number of fused-ring (bicyclic) bond motifs is 1. The number of anilines is 2. The molecule has 0 bridgehead atoms. The monoisotopic (exact) mass is 292 g/mol. The maximum absolute atomic E-state index is 11.8. The zero-order valence-corrected chi connectivity index (χ0v) is 11.3. The molecule has 0 radical (unpaired) electrons. The summed E-state index contributed by atoms with van der Waals surface area (Å²) >= 11 is 4.28. The maximum Gasteiger partial charge on any atom is 0.236 e. The molecule has 1 aliphatic rings. The highest BCUT2D eigenvalue weighted by atomic mass is 32.1. The Morgan fingerprint density at radius 1 is 1.45 bits per heavy atom. The van der Waals surface area contributed by atoms with Gasteiger partial charge in [0, 0.05) is 18.2 Å². The molecule has 9 heteroatoms. The van der Waals surface area contributed by atoms with Gasteiger partial charge in [-0.2, -0.15) is 22.6 Å². The zero-order valence-electron chi connectivity index (χ0n) is 10.4. The van der Waals surface area contributed by atoms with Gasteiger partial charge in [0.05, 0.1) is 18.5 Å². The number of nitrogens with zero attached hydrogens (tertiary/aromatic N) is 5. The second kappa shape index (κ2) is 4.84. The summed E-state index contributed by atoms with van der Waals surface area (Å²) in [6.45, 7) is 0.200. The van der Waals surface area contributed by atoms with Crippen molar-refractivity contribution < 1.29 is 9.90 Å². The van der Waals surface area contributed by atoms with E-state index < -0.39 is 0 Å². The van der Waals surface area contributed by atoms with Crippen molar-refractivity contribution in [3.05, 3.63) is 11.9 Å². The van der Waals surface area contributed by atoms with E-state index in [-0.39, 0.29) is 29.5 Å². The topological polar surface area (TPSA) is 118 Å². The first-order valence-corrected chi connectivity index (χ1v) is 6.48. The van der Waals surface area contributed by atoms with Gasteiger partial charge in [0.25, 0.3) is 0 Å². The van der Waals surface area contributed by atoms with Crippen LogP contribution in [0.3, 0.4) is 0 Å². The third-order valence-corrected chi connectivity index (χ3v) is 3.33. The highest BCUT2D eigenvalue weighted by Crippen LogP contribution is 2.24. The van der Waals surface area contributed by atoms with Crippen LogP contribution in [0.25, 0.3) is 11.2 Å². The molecule has 0 aromatic carbocycles. The van der Waals surface area contributed by atoms with E-state index in [1.165, 1.54) is 11.1 Å². The summed E-state index contributed by atoms with van der Waals surface area (Å²) in [6.07, 6.45) is 1.76. The minimum Gasteiger partial charge on any atom is -0.390 e. The van der Waals surface area contributed by atoms with Gasteiger partial charge in [-0.15, -0.1) is 0 Å². The summed E-state index contributed by atoms with van der Waals surface area (Å²) in [5, 5.41) is 9.00. The van der Waals surface area contributed by atoms with Crippen LogP contribution >= 0.6 is 12.6 Å². The van der Waals surface area contributed by atoms with Gasteiger partial charge < -0.3 is 10.8 Å². The smallest absolute Gasteiger partial charge is 0.236 e. The Bertz CT molecular complexity index is 694. The van der Waals surface area contributed by atoms with Gasteiger partial charge in [-0.1, -0.05) is 0 Å². The number of aromatic nitrogens is 4. The lowest BCUT2D eigenvalue weighted by Gasteiger charge is -2.14. The fourth-order valence-electron chi connectivity index (χ4n) is 2.03. The van der Waals surface area contributed by atoms with Crippen LogP contribution in [0.15, 0.2) is 6.20 Å². The summed E-state index contributed by atoms with van der Waals surface area (Å²) in [4.78, 5) is 29.8. The predicted molar refractivity (Wildman–Crippen MR) is 75.2 cm³/mol. The summed E-state index contributed by atoms with van der Waals surface area (Å²) in [5.41, 5.74) is 6.82. The lowest BCUT2D eigenvalue weighted by atomic mass is 10.4. The number of thiol groups is 1. The van der Waals surface area contributed by atoms with Crippen LogP contribution in [0, 0.1) is 0 Å². The molecule has 1 saturated heterocycles. The Kier molecular flexibility index (Phi) is 3.14. The molecule has 104 valence electrons. The van der Waals surface area contributed by atoms with Crippen molar-refractivity contribution in [1.82, 2.24) is 19.9 Å². The van der Waals surface area contributed by atoms with E-state index in [1.807, 2.05) is 0 Å². The van der Waals surface area contributed by atoms with Crippen molar-refractivity contribution in [3.63, 3.8) is 0 Å². The van der Waals surface area contributed by atoms with Crippen molar-refractivity contribution in [1.29, 1.82) is 0 Å². The number of aliphatic hydroxyl groups excluding tert-OH is 1. The fraction of sp³-hybridized carbons (Fsp3) is 0.364. The molecule has 20 heavy (non-hydrogen) atoms. The van der Waals surface area contributed by atoms with Crippen LogP contribution in [0.4, 0.5) is 11.8 Å². The highest BCUT2D eigenvalue weighted by Gasteiger charge is 2.30. The fourth-order valence-corrected chi connectivity index (χ4v) is 2.35. The zero-order chi connectivity index (χ0) is 14.3.